The first-order valence-corrected chi connectivity index (χ1v) is 9.10. The van der Waals surface area contributed by atoms with Gasteiger partial charge in [0.1, 0.15) is 23.2 Å². The molecule has 1 aliphatic heterocycles. The molecule has 0 aliphatic carbocycles. The lowest BCUT2D eigenvalue weighted by atomic mass is 9.87. The van der Waals surface area contributed by atoms with Crippen molar-refractivity contribution in [1.82, 2.24) is 10.2 Å². The maximum absolute atomic E-state index is 6.24. The van der Waals surface area contributed by atoms with E-state index in [9.17, 15) is 0 Å². The lowest BCUT2D eigenvalue weighted by Gasteiger charge is -2.29. The quantitative estimate of drug-likeness (QED) is 0.449. The summed E-state index contributed by atoms with van der Waals surface area (Å²) in [6.07, 6.45) is -0.108. The molecule has 1 aliphatic rings. The van der Waals surface area contributed by atoms with Crippen LogP contribution in [0.25, 0.3) is 33.6 Å². The average Bonchev–Trinajstić information content (AvgIpc) is 2.74. The smallest absolute Gasteiger partial charge is 0.128 e. The van der Waals surface area contributed by atoms with Crippen LogP contribution in [0.5, 0.6) is 5.75 Å². The first-order valence-electron chi connectivity index (χ1n) is 9.10. The van der Waals surface area contributed by atoms with Crippen molar-refractivity contribution in [2.45, 2.75) is 13.0 Å². The van der Waals surface area contributed by atoms with E-state index in [-0.39, 0.29) is 6.10 Å². The molecule has 130 valence electrons. The van der Waals surface area contributed by atoms with E-state index in [2.05, 4.69) is 47.5 Å². The zero-order chi connectivity index (χ0) is 18.2. The summed E-state index contributed by atoms with van der Waals surface area (Å²) in [6, 6.07) is 28.6. The van der Waals surface area contributed by atoms with Gasteiger partial charge in [0.05, 0.1) is 0 Å². The Morgan fingerprint density at radius 3 is 1.93 bits per heavy atom. The second-order valence-electron chi connectivity index (χ2n) is 6.67. The predicted molar refractivity (Wildman–Crippen MR) is 107 cm³/mol. The maximum atomic E-state index is 6.24. The first kappa shape index (κ1) is 15.8. The van der Waals surface area contributed by atoms with Gasteiger partial charge in [-0.25, -0.2) is 0 Å². The maximum Gasteiger partial charge on any atom is 0.128 e. The zero-order valence-corrected chi connectivity index (χ0v) is 15.0. The van der Waals surface area contributed by atoms with Gasteiger partial charge in [0, 0.05) is 27.8 Å². The summed E-state index contributed by atoms with van der Waals surface area (Å²) in [4.78, 5) is 0. The third-order valence-electron chi connectivity index (χ3n) is 4.97. The molecule has 3 aromatic carbocycles. The van der Waals surface area contributed by atoms with Crippen molar-refractivity contribution in [3.63, 3.8) is 0 Å². The van der Waals surface area contributed by atoms with Gasteiger partial charge < -0.3 is 4.74 Å². The third kappa shape index (κ3) is 2.59. The number of rotatable bonds is 2. The largest absolute Gasteiger partial charge is 0.485 e. The lowest BCUT2D eigenvalue weighted by Crippen LogP contribution is -2.15. The van der Waals surface area contributed by atoms with Crippen molar-refractivity contribution in [3.8, 4) is 39.4 Å². The second-order valence-corrected chi connectivity index (χ2v) is 6.67. The van der Waals surface area contributed by atoms with Crippen LogP contribution in [0.3, 0.4) is 0 Å². The van der Waals surface area contributed by atoms with Gasteiger partial charge in [0.15, 0.2) is 0 Å². The Labute approximate surface area is 158 Å². The summed E-state index contributed by atoms with van der Waals surface area (Å²) in [7, 11) is 0. The minimum absolute atomic E-state index is 0.108. The number of nitrogens with zero attached hydrogens (tertiary/aromatic N) is 2. The number of para-hydroxylation sites is 1. The van der Waals surface area contributed by atoms with Gasteiger partial charge >= 0.3 is 0 Å². The van der Waals surface area contributed by atoms with Crippen LogP contribution in [-0.4, -0.2) is 10.2 Å². The fourth-order valence-corrected chi connectivity index (χ4v) is 3.75. The van der Waals surface area contributed by atoms with Crippen molar-refractivity contribution in [2.75, 3.05) is 0 Å². The van der Waals surface area contributed by atoms with Gasteiger partial charge in [-0.1, -0.05) is 78.9 Å². The predicted octanol–water partition coefficient (Wildman–Crippen LogP) is 5.93. The van der Waals surface area contributed by atoms with Gasteiger partial charge in [0.25, 0.3) is 0 Å². The molecular formula is C24H18N2O. The van der Waals surface area contributed by atoms with Crippen LogP contribution in [0.1, 0.15) is 18.6 Å². The van der Waals surface area contributed by atoms with Crippen LogP contribution in [0.15, 0.2) is 84.9 Å². The van der Waals surface area contributed by atoms with Gasteiger partial charge in [-0.3, -0.25) is 0 Å². The van der Waals surface area contributed by atoms with E-state index in [0.29, 0.717) is 0 Å². The number of hydrogen-bond donors (Lipinski definition) is 0. The van der Waals surface area contributed by atoms with E-state index in [0.717, 1.165) is 45.0 Å². The monoisotopic (exact) mass is 350 g/mol. The molecule has 2 heterocycles. The molecule has 0 amide bonds. The zero-order valence-electron chi connectivity index (χ0n) is 15.0. The normalized spacial score (nSPS) is 14.8. The molecule has 27 heavy (non-hydrogen) atoms. The van der Waals surface area contributed by atoms with E-state index >= 15 is 0 Å². The number of aromatic nitrogens is 2. The highest BCUT2D eigenvalue weighted by Crippen LogP contribution is 2.48. The molecule has 5 rings (SSSR count). The Bertz CT molecular complexity index is 1110. The van der Waals surface area contributed by atoms with Crippen molar-refractivity contribution >= 4 is 0 Å². The van der Waals surface area contributed by atoms with Gasteiger partial charge in [0.2, 0.25) is 0 Å². The van der Waals surface area contributed by atoms with E-state index in [1.165, 1.54) is 0 Å². The van der Waals surface area contributed by atoms with E-state index in [1.807, 2.05) is 54.6 Å². The van der Waals surface area contributed by atoms with Crippen LogP contribution in [0.4, 0.5) is 0 Å². The molecule has 0 saturated carbocycles. The van der Waals surface area contributed by atoms with Crippen LogP contribution in [0, 0.1) is 0 Å². The summed E-state index contributed by atoms with van der Waals surface area (Å²) >= 11 is 0. The Morgan fingerprint density at radius 2 is 1.22 bits per heavy atom. The van der Waals surface area contributed by atoms with E-state index in [1.54, 1.807) is 0 Å². The standard InChI is InChI=1S/C24H18N2O/c1-16-21-22(19-14-8-9-15-20(19)27-16)24(18-12-6-3-7-13-18)26-25-23(21)17-10-4-2-5-11-17/h2-16H,1H3. The minimum atomic E-state index is -0.108. The SMILES string of the molecule is CC1Oc2ccccc2-c2c(-c3ccccc3)nnc(-c3ccccc3)c21. The van der Waals surface area contributed by atoms with Gasteiger partial charge in [-0.15, -0.1) is 10.2 Å². The van der Waals surface area contributed by atoms with Gasteiger partial charge in [-0.2, -0.15) is 0 Å². The second kappa shape index (κ2) is 6.36. The number of benzene rings is 3. The molecule has 0 bridgehead atoms. The van der Waals surface area contributed by atoms with Gasteiger partial charge in [-0.05, 0) is 13.0 Å². The van der Waals surface area contributed by atoms with E-state index < -0.39 is 0 Å². The topological polar surface area (TPSA) is 35.0 Å². The average molecular weight is 350 g/mol. The number of fused-ring (bicyclic) bond motifs is 3. The number of hydrogen-bond acceptors (Lipinski definition) is 3. The highest BCUT2D eigenvalue weighted by atomic mass is 16.5. The summed E-state index contributed by atoms with van der Waals surface area (Å²) in [6.45, 7) is 2.08. The molecule has 0 fully saturated rings. The Balaban J connectivity index is 1.86. The highest BCUT2D eigenvalue weighted by molar-refractivity contribution is 5.90. The van der Waals surface area contributed by atoms with Crippen molar-refractivity contribution < 1.29 is 4.74 Å². The highest BCUT2D eigenvalue weighted by Gasteiger charge is 2.30. The molecule has 0 radical (unpaired) electrons. The Hall–Kier alpha value is -3.46. The van der Waals surface area contributed by atoms with Crippen molar-refractivity contribution in [2.24, 2.45) is 0 Å². The summed E-state index contributed by atoms with van der Waals surface area (Å²) < 4.78 is 6.24. The van der Waals surface area contributed by atoms with Crippen molar-refractivity contribution in [1.29, 1.82) is 0 Å². The fraction of sp³-hybridized carbons (Fsp3) is 0.0833. The molecule has 0 N–H and O–H groups in total. The first-order chi connectivity index (χ1) is 13.3. The summed E-state index contributed by atoms with van der Waals surface area (Å²) in [5, 5.41) is 9.30. The molecule has 0 spiro atoms. The van der Waals surface area contributed by atoms with Crippen LogP contribution in [-0.2, 0) is 0 Å². The van der Waals surface area contributed by atoms with E-state index in [4.69, 9.17) is 4.74 Å². The van der Waals surface area contributed by atoms with Crippen molar-refractivity contribution in [3.05, 3.63) is 90.5 Å². The third-order valence-corrected chi connectivity index (χ3v) is 4.97. The molecule has 1 aromatic heterocycles. The fourth-order valence-electron chi connectivity index (χ4n) is 3.75. The van der Waals surface area contributed by atoms with Crippen LogP contribution in [0.2, 0.25) is 0 Å². The molecule has 3 nitrogen and oxygen atoms in total. The summed E-state index contributed by atoms with van der Waals surface area (Å²) in [5.74, 6) is 0.890. The minimum Gasteiger partial charge on any atom is -0.485 e. The molecule has 3 heteroatoms. The molecular weight excluding hydrogens is 332 g/mol. The molecule has 0 saturated heterocycles. The molecule has 1 atom stereocenters. The summed E-state index contributed by atoms with van der Waals surface area (Å²) in [5.41, 5.74) is 7.16. The molecule has 1 unspecified atom stereocenters. The lowest BCUT2D eigenvalue weighted by molar-refractivity contribution is 0.223. The van der Waals surface area contributed by atoms with Crippen LogP contribution < -0.4 is 4.74 Å². The Morgan fingerprint density at radius 1 is 0.667 bits per heavy atom. The molecule has 4 aromatic rings. The number of ether oxygens (including phenoxy) is 1. The Kier molecular flexibility index (Phi) is 3.72. The van der Waals surface area contributed by atoms with Crippen LogP contribution >= 0.6 is 0 Å².